The van der Waals surface area contributed by atoms with Crippen LogP contribution in [0.1, 0.15) is 44.1 Å². The molecule has 0 bridgehead atoms. The molecule has 4 heteroatoms. The first-order valence-corrected chi connectivity index (χ1v) is 7.06. The summed E-state index contributed by atoms with van der Waals surface area (Å²) in [5.74, 6) is 1.97. The maximum absolute atomic E-state index is 5.64. The van der Waals surface area contributed by atoms with E-state index in [0.717, 1.165) is 43.3 Å². The molecule has 1 aromatic rings. The van der Waals surface area contributed by atoms with Crippen LogP contribution in [0.3, 0.4) is 0 Å². The van der Waals surface area contributed by atoms with Gasteiger partial charge in [0.25, 0.3) is 0 Å². The van der Waals surface area contributed by atoms with E-state index in [9.17, 15) is 0 Å². The van der Waals surface area contributed by atoms with Crippen molar-refractivity contribution in [1.82, 2.24) is 9.97 Å². The second-order valence-electron chi connectivity index (χ2n) is 5.04. The second-order valence-corrected chi connectivity index (χ2v) is 5.04. The zero-order chi connectivity index (χ0) is 13.0. The molecule has 0 aromatic carbocycles. The smallest absolute Gasteiger partial charge is 0.132 e. The molecule has 0 radical (unpaired) electrons. The standard InChI is InChI=1S/C14H24N4/c1-3-12-10-14(17-11(2)16-12)18(9-5-8-15)13-6-4-7-13/h10,13H,3-9,15H2,1-2H3. The van der Waals surface area contributed by atoms with E-state index in [0.29, 0.717) is 6.04 Å². The molecule has 0 saturated heterocycles. The number of nitrogens with zero attached hydrogens (tertiary/aromatic N) is 3. The quantitative estimate of drug-likeness (QED) is 0.837. The lowest BCUT2D eigenvalue weighted by molar-refractivity contribution is 0.382. The minimum Gasteiger partial charge on any atom is -0.353 e. The lowest BCUT2D eigenvalue weighted by Gasteiger charge is -2.38. The van der Waals surface area contributed by atoms with E-state index in [1.54, 1.807) is 0 Å². The predicted molar refractivity (Wildman–Crippen MR) is 74.8 cm³/mol. The Morgan fingerprint density at radius 1 is 1.39 bits per heavy atom. The van der Waals surface area contributed by atoms with Crippen LogP contribution in [0, 0.1) is 6.92 Å². The van der Waals surface area contributed by atoms with E-state index < -0.39 is 0 Å². The zero-order valence-corrected chi connectivity index (χ0v) is 11.5. The fraction of sp³-hybridized carbons (Fsp3) is 0.714. The highest BCUT2D eigenvalue weighted by atomic mass is 15.2. The average Bonchev–Trinajstić information content (AvgIpc) is 2.31. The van der Waals surface area contributed by atoms with Crippen LogP contribution in [0.25, 0.3) is 0 Å². The third kappa shape index (κ3) is 2.99. The van der Waals surface area contributed by atoms with Crippen LogP contribution in [-0.4, -0.2) is 29.1 Å². The maximum Gasteiger partial charge on any atom is 0.132 e. The van der Waals surface area contributed by atoms with Gasteiger partial charge in [0.2, 0.25) is 0 Å². The predicted octanol–water partition coefficient (Wildman–Crippen LogP) is 2.06. The second kappa shape index (κ2) is 6.14. The van der Waals surface area contributed by atoms with Crippen molar-refractivity contribution >= 4 is 5.82 Å². The molecule has 0 spiro atoms. The monoisotopic (exact) mass is 248 g/mol. The Morgan fingerprint density at radius 2 is 2.17 bits per heavy atom. The van der Waals surface area contributed by atoms with Gasteiger partial charge in [0.05, 0.1) is 0 Å². The van der Waals surface area contributed by atoms with Gasteiger partial charge in [0.15, 0.2) is 0 Å². The summed E-state index contributed by atoms with van der Waals surface area (Å²) in [5, 5.41) is 0. The Labute approximate surface area is 110 Å². The van der Waals surface area contributed by atoms with Gasteiger partial charge in [-0.3, -0.25) is 0 Å². The Bertz CT molecular complexity index is 387. The molecule has 1 aliphatic carbocycles. The number of aryl methyl sites for hydroxylation is 2. The van der Waals surface area contributed by atoms with Crippen molar-refractivity contribution in [1.29, 1.82) is 0 Å². The highest BCUT2D eigenvalue weighted by molar-refractivity contribution is 5.41. The topological polar surface area (TPSA) is 55.0 Å². The molecule has 1 aliphatic rings. The van der Waals surface area contributed by atoms with Gasteiger partial charge in [-0.15, -0.1) is 0 Å². The third-order valence-corrected chi connectivity index (χ3v) is 3.65. The highest BCUT2D eigenvalue weighted by Crippen LogP contribution is 2.29. The molecule has 18 heavy (non-hydrogen) atoms. The van der Waals surface area contributed by atoms with Crippen LogP contribution in [0.5, 0.6) is 0 Å². The van der Waals surface area contributed by atoms with Gasteiger partial charge in [-0.2, -0.15) is 0 Å². The first-order valence-electron chi connectivity index (χ1n) is 7.06. The van der Waals surface area contributed by atoms with Crippen LogP contribution in [0.2, 0.25) is 0 Å². The molecule has 1 saturated carbocycles. The minimum absolute atomic E-state index is 0.663. The molecule has 2 rings (SSSR count). The summed E-state index contributed by atoms with van der Waals surface area (Å²) in [6.07, 6.45) is 5.91. The van der Waals surface area contributed by atoms with Crippen molar-refractivity contribution in [2.45, 2.75) is 52.0 Å². The lowest BCUT2D eigenvalue weighted by Crippen LogP contribution is -2.42. The zero-order valence-electron chi connectivity index (χ0n) is 11.5. The van der Waals surface area contributed by atoms with Crippen molar-refractivity contribution in [2.75, 3.05) is 18.0 Å². The number of hydrogen-bond acceptors (Lipinski definition) is 4. The summed E-state index contributed by atoms with van der Waals surface area (Å²) >= 11 is 0. The first-order chi connectivity index (χ1) is 8.74. The summed E-state index contributed by atoms with van der Waals surface area (Å²) in [7, 11) is 0. The molecule has 0 unspecified atom stereocenters. The van der Waals surface area contributed by atoms with E-state index >= 15 is 0 Å². The first kappa shape index (κ1) is 13.3. The van der Waals surface area contributed by atoms with Gasteiger partial charge in [-0.05, 0) is 45.6 Å². The Balaban J connectivity index is 2.19. The van der Waals surface area contributed by atoms with Crippen LogP contribution in [0.15, 0.2) is 6.07 Å². The molecule has 1 fully saturated rings. The van der Waals surface area contributed by atoms with Gasteiger partial charge in [0, 0.05) is 24.3 Å². The molecular weight excluding hydrogens is 224 g/mol. The molecule has 1 aromatic heterocycles. The summed E-state index contributed by atoms with van der Waals surface area (Å²) in [6.45, 7) is 5.87. The van der Waals surface area contributed by atoms with E-state index in [4.69, 9.17) is 5.73 Å². The number of hydrogen-bond donors (Lipinski definition) is 1. The average molecular weight is 248 g/mol. The van der Waals surface area contributed by atoms with Gasteiger partial charge < -0.3 is 10.6 Å². The van der Waals surface area contributed by atoms with Gasteiger partial charge in [0.1, 0.15) is 11.6 Å². The molecule has 100 valence electrons. The summed E-state index contributed by atoms with van der Waals surface area (Å²) in [5.41, 5.74) is 6.77. The minimum atomic E-state index is 0.663. The number of rotatable bonds is 6. The van der Waals surface area contributed by atoms with Crippen LogP contribution in [0.4, 0.5) is 5.82 Å². The van der Waals surface area contributed by atoms with Crippen molar-refractivity contribution in [3.63, 3.8) is 0 Å². The fourth-order valence-electron chi connectivity index (χ4n) is 2.38. The molecule has 2 N–H and O–H groups in total. The van der Waals surface area contributed by atoms with Crippen LogP contribution >= 0.6 is 0 Å². The van der Waals surface area contributed by atoms with Gasteiger partial charge in [-0.25, -0.2) is 9.97 Å². The largest absolute Gasteiger partial charge is 0.353 e. The molecule has 4 nitrogen and oxygen atoms in total. The highest BCUT2D eigenvalue weighted by Gasteiger charge is 2.25. The van der Waals surface area contributed by atoms with Crippen molar-refractivity contribution in [3.8, 4) is 0 Å². The maximum atomic E-state index is 5.64. The molecular formula is C14H24N4. The number of nitrogens with two attached hydrogens (primary N) is 1. The van der Waals surface area contributed by atoms with Gasteiger partial charge in [-0.1, -0.05) is 6.92 Å². The number of aromatic nitrogens is 2. The summed E-state index contributed by atoms with van der Waals surface area (Å²) < 4.78 is 0. The number of anilines is 1. The Morgan fingerprint density at radius 3 is 2.72 bits per heavy atom. The Hall–Kier alpha value is -1.16. The third-order valence-electron chi connectivity index (χ3n) is 3.65. The van der Waals surface area contributed by atoms with Crippen molar-refractivity contribution < 1.29 is 0 Å². The van der Waals surface area contributed by atoms with Gasteiger partial charge >= 0.3 is 0 Å². The van der Waals surface area contributed by atoms with E-state index in [1.807, 2.05) is 6.92 Å². The van der Waals surface area contributed by atoms with E-state index in [-0.39, 0.29) is 0 Å². The van der Waals surface area contributed by atoms with Crippen LogP contribution in [-0.2, 0) is 6.42 Å². The lowest BCUT2D eigenvalue weighted by atomic mass is 9.91. The molecule has 0 aliphatic heterocycles. The molecule has 0 atom stereocenters. The van der Waals surface area contributed by atoms with E-state index in [2.05, 4.69) is 27.9 Å². The summed E-state index contributed by atoms with van der Waals surface area (Å²) in [6, 6.07) is 2.80. The van der Waals surface area contributed by atoms with Crippen molar-refractivity contribution in [3.05, 3.63) is 17.6 Å². The van der Waals surface area contributed by atoms with E-state index in [1.165, 1.54) is 19.3 Å². The normalized spacial score (nSPS) is 15.5. The Kier molecular flexibility index (Phi) is 4.53. The SMILES string of the molecule is CCc1cc(N(CCCN)C2CCC2)nc(C)n1. The van der Waals surface area contributed by atoms with Crippen LogP contribution < -0.4 is 10.6 Å². The fourth-order valence-corrected chi connectivity index (χ4v) is 2.38. The molecule has 1 heterocycles. The molecule has 0 amide bonds. The van der Waals surface area contributed by atoms with Crippen molar-refractivity contribution in [2.24, 2.45) is 5.73 Å². The summed E-state index contributed by atoms with van der Waals surface area (Å²) in [4.78, 5) is 11.5.